The van der Waals surface area contributed by atoms with Gasteiger partial charge in [-0.3, -0.25) is 29.4 Å². The predicted molar refractivity (Wildman–Crippen MR) is 151 cm³/mol. The van der Waals surface area contributed by atoms with Gasteiger partial charge in [0.15, 0.2) is 0 Å². The summed E-state index contributed by atoms with van der Waals surface area (Å²) < 4.78 is 0. The summed E-state index contributed by atoms with van der Waals surface area (Å²) in [7, 11) is 0. The average molecular weight is 557 g/mol. The van der Waals surface area contributed by atoms with Crippen molar-refractivity contribution in [3.63, 3.8) is 0 Å². The van der Waals surface area contributed by atoms with E-state index in [1.807, 2.05) is 71.6 Å². The van der Waals surface area contributed by atoms with Crippen molar-refractivity contribution in [2.24, 2.45) is 0 Å². The van der Waals surface area contributed by atoms with Crippen molar-refractivity contribution >= 4 is 35.2 Å². The summed E-state index contributed by atoms with van der Waals surface area (Å²) in [5.41, 5.74) is 5.12. The molecule has 0 aromatic heterocycles. The van der Waals surface area contributed by atoms with Crippen molar-refractivity contribution in [3.05, 3.63) is 94.0 Å². The van der Waals surface area contributed by atoms with Crippen LogP contribution >= 0.6 is 11.6 Å². The molecule has 1 atom stereocenters. The number of halogens is 1. The Morgan fingerprint density at radius 1 is 0.875 bits per heavy atom. The highest BCUT2D eigenvalue weighted by Crippen LogP contribution is 2.31. The Kier molecular flexibility index (Phi) is 7.12. The number of nitrogens with one attached hydrogen (secondary N) is 1. The number of amides is 4. The van der Waals surface area contributed by atoms with Crippen LogP contribution in [0.15, 0.2) is 66.7 Å². The fraction of sp³-hybridized carbons (Fsp3) is 0.290. The number of hydrogen-bond donors (Lipinski definition) is 1. The lowest BCUT2D eigenvalue weighted by molar-refractivity contribution is -0.136. The molecule has 0 saturated carbocycles. The first-order chi connectivity index (χ1) is 19.4. The Labute approximate surface area is 237 Å². The molecule has 3 heterocycles. The number of rotatable bonds is 5. The van der Waals surface area contributed by atoms with E-state index in [1.165, 1.54) is 0 Å². The molecule has 3 aromatic carbocycles. The second-order valence-electron chi connectivity index (χ2n) is 10.5. The Bertz CT molecular complexity index is 1500. The van der Waals surface area contributed by atoms with E-state index < -0.39 is 11.9 Å². The van der Waals surface area contributed by atoms with Gasteiger partial charge in [0.1, 0.15) is 6.04 Å². The SMILES string of the molecule is O=C1CCC(N2Cc3c(CN4CCN(C(=O)c5ccccc5-c5ccc(Cl)cc5)CC4)cccc3C2=O)C(=O)N1. The number of fused-ring (bicyclic) bond motifs is 1. The van der Waals surface area contributed by atoms with Gasteiger partial charge in [0.25, 0.3) is 11.8 Å². The summed E-state index contributed by atoms with van der Waals surface area (Å²) in [4.78, 5) is 56.5. The van der Waals surface area contributed by atoms with E-state index in [0.717, 1.165) is 22.3 Å². The zero-order valence-corrected chi connectivity index (χ0v) is 22.7. The van der Waals surface area contributed by atoms with Crippen LogP contribution in [0.3, 0.4) is 0 Å². The van der Waals surface area contributed by atoms with Crippen molar-refractivity contribution in [1.29, 1.82) is 0 Å². The third-order valence-electron chi connectivity index (χ3n) is 8.05. The van der Waals surface area contributed by atoms with E-state index in [-0.39, 0.29) is 24.1 Å². The van der Waals surface area contributed by atoms with Gasteiger partial charge in [0.05, 0.1) is 0 Å². The maximum Gasteiger partial charge on any atom is 0.255 e. The number of carbonyl (C=O) groups excluding carboxylic acids is 4. The maximum atomic E-state index is 13.5. The molecule has 204 valence electrons. The summed E-state index contributed by atoms with van der Waals surface area (Å²) in [6.45, 7) is 3.64. The van der Waals surface area contributed by atoms with Gasteiger partial charge in [-0.2, -0.15) is 0 Å². The number of hydrogen-bond acceptors (Lipinski definition) is 5. The van der Waals surface area contributed by atoms with Crippen LogP contribution in [-0.2, 0) is 22.7 Å². The lowest BCUT2D eigenvalue weighted by atomic mass is 9.98. The molecule has 3 aliphatic heterocycles. The van der Waals surface area contributed by atoms with Crippen molar-refractivity contribution in [2.45, 2.75) is 32.0 Å². The lowest BCUT2D eigenvalue weighted by Crippen LogP contribution is -2.52. The van der Waals surface area contributed by atoms with E-state index in [9.17, 15) is 19.2 Å². The topological polar surface area (TPSA) is 90.0 Å². The molecule has 1 unspecified atom stereocenters. The van der Waals surface area contributed by atoms with Gasteiger partial charge < -0.3 is 9.80 Å². The first-order valence-electron chi connectivity index (χ1n) is 13.5. The van der Waals surface area contributed by atoms with Crippen molar-refractivity contribution in [3.8, 4) is 11.1 Å². The smallest absolute Gasteiger partial charge is 0.255 e. The molecule has 40 heavy (non-hydrogen) atoms. The zero-order chi connectivity index (χ0) is 27.8. The van der Waals surface area contributed by atoms with E-state index in [1.54, 1.807) is 4.90 Å². The number of piperazine rings is 1. The van der Waals surface area contributed by atoms with Gasteiger partial charge in [-0.05, 0) is 52.9 Å². The number of imide groups is 1. The van der Waals surface area contributed by atoms with Gasteiger partial charge in [-0.1, -0.05) is 54.1 Å². The van der Waals surface area contributed by atoms with Crippen molar-refractivity contribution in [1.82, 2.24) is 20.0 Å². The van der Waals surface area contributed by atoms with Crippen LogP contribution in [0.2, 0.25) is 5.02 Å². The molecule has 1 N–H and O–H groups in total. The molecule has 0 aliphatic carbocycles. The lowest BCUT2D eigenvalue weighted by Gasteiger charge is -2.35. The van der Waals surface area contributed by atoms with Crippen LogP contribution < -0.4 is 5.32 Å². The largest absolute Gasteiger partial charge is 0.336 e. The highest BCUT2D eigenvalue weighted by atomic mass is 35.5. The van der Waals surface area contributed by atoms with Crippen LogP contribution in [-0.4, -0.2) is 70.5 Å². The molecule has 0 bridgehead atoms. The van der Waals surface area contributed by atoms with Gasteiger partial charge in [0, 0.05) is 61.8 Å². The first kappa shape index (κ1) is 26.2. The fourth-order valence-electron chi connectivity index (χ4n) is 5.87. The summed E-state index contributed by atoms with van der Waals surface area (Å²) in [6, 6.07) is 20.3. The minimum Gasteiger partial charge on any atom is -0.336 e. The first-order valence-corrected chi connectivity index (χ1v) is 13.9. The number of nitrogens with zero attached hydrogens (tertiary/aromatic N) is 3. The van der Waals surface area contributed by atoms with E-state index in [0.29, 0.717) is 61.8 Å². The highest BCUT2D eigenvalue weighted by molar-refractivity contribution is 6.30. The molecule has 8 nitrogen and oxygen atoms in total. The zero-order valence-electron chi connectivity index (χ0n) is 21.9. The molecule has 9 heteroatoms. The van der Waals surface area contributed by atoms with Crippen LogP contribution in [0.5, 0.6) is 0 Å². The molecule has 2 saturated heterocycles. The van der Waals surface area contributed by atoms with Gasteiger partial charge >= 0.3 is 0 Å². The minimum atomic E-state index is -0.629. The molecule has 0 spiro atoms. The average Bonchev–Trinajstić information content (AvgIpc) is 3.30. The molecular formula is C31H29ClN4O4. The number of piperidine rings is 1. The molecule has 3 aliphatic rings. The predicted octanol–water partition coefficient (Wildman–Crippen LogP) is 3.73. The molecule has 0 radical (unpaired) electrons. The third kappa shape index (κ3) is 5.00. The van der Waals surface area contributed by atoms with Crippen LogP contribution in [0.4, 0.5) is 0 Å². The second kappa shape index (κ2) is 10.9. The second-order valence-corrected chi connectivity index (χ2v) is 10.9. The van der Waals surface area contributed by atoms with Gasteiger partial charge in [-0.15, -0.1) is 0 Å². The van der Waals surface area contributed by atoms with Crippen molar-refractivity contribution in [2.75, 3.05) is 26.2 Å². The van der Waals surface area contributed by atoms with Crippen LogP contribution in [0.25, 0.3) is 11.1 Å². The van der Waals surface area contributed by atoms with Crippen LogP contribution in [0.1, 0.15) is 44.7 Å². The van der Waals surface area contributed by atoms with Gasteiger partial charge in [0.2, 0.25) is 11.8 Å². The molecule has 2 fully saturated rings. The van der Waals surface area contributed by atoms with E-state index in [4.69, 9.17) is 11.6 Å². The number of benzene rings is 3. The Morgan fingerprint density at radius 2 is 1.60 bits per heavy atom. The summed E-state index contributed by atoms with van der Waals surface area (Å²) in [5, 5.41) is 3.01. The Hall–Kier alpha value is -4.01. The van der Waals surface area contributed by atoms with Crippen LogP contribution in [0, 0.1) is 0 Å². The summed E-state index contributed by atoms with van der Waals surface area (Å²) >= 11 is 6.06. The fourth-order valence-corrected chi connectivity index (χ4v) is 6.00. The van der Waals surface area contributed by atoms with E-state index in [2.05, 4.69) is 10.2 Å². The molecule has 3 aromatic rings. The molecule has 6 rings (SSSR count). The third-order valence-corrected chi connectivity index (χ3v) is 8.30. The summed E-state index contributed by atoms with van der Waals surface area (Å²) in [5.74, 6) is -0.855. The number of carbonyl (C=O) groups is 4. The quantitative estimate of drug-likeness (QED) is 0.484. The molecular weight excluding hydrogens is 528 g/mol. The normalized spacial score (nSPS) is 19.5. The van der Waals surface area contributed by atoms with E-state index >= 15 is 0 Å². The molecule has 4 amide bonds. The Morgan fingerprint density at radius 3 is 2.35 bits per heavy atom. The summed E-state index contributed by atoms with van der Waals surface area (Å²) in [6.07, 6.45) is 0.577. The monoisotopic (exact) mass is 556 g/mol. The van der Waals surface area contributed by atoms with Crippen molar-refractivity contribution < 1.29 is 19.2 Å². The standard InChI is InChI=1S/C31H29ClN4O4/c32-22-10-8-20(9-11-22)23-5-1-2-6-24(23)30(39)35-16-14-34(15-17-35)18-21-4-3-7-25-26(21)19-36(31(25)40)27-12-13-28(37)33-29(27)38/h1-11,27H,12-19H2,(H,33,37,38). The Balaban J connectivity index is 1.12. The van der Waals surface area contributed by atoms with Gasteiger partial charge in [-0.25, -0.2) is 0 Å². The maximum absolute atomic E-state index is 13.5. The highest BCUT2D eigenvalue weighted by Gasteiger charge is 2.40. The minimum absolute atomic E-state index is 0.0104.